The number of thiazole rings is 1. The lowest BCUT2D eigenvalue weighted by Crippen LogP contribution is -2.28. The SMILES string of the molecule is O=C1C[C@@H](O)CN1c1ccc2nc(Nc3cccc(N[C@H]4CC[C@H](O)CC4)n3)sc2c1. The number of hydrogen-bond acceptors (Lipinski definition) is 8. The van der Waals surface area contributed by atoms with Crippen LogP contribution in [0.3, 0.4) is 0 Å². The Bertz CT molecular complexity index is 1100. The first-order chi connectivity index (χ1) is 15.0. The molecule has 0 bridgehead atoms. The van der Waals surface area contributed by atoms with Crippen LogP contribution in [0.25, 0.3) is 10.2 Å². The lowest BCUT2D eigenvalue weighted by molar-refractivity contribution is -0.117. The van der Waals surface area contributed by atoms with Gasteiger partial charge in [-0.15, -0.1) is 0 Å². The van der Waals surface area contributed by atoms with Gasteiger partial charge >= 0.3 is 0 Å². The van der Waals surface area contributed by atoms with Crippen molar-refractivity contribution in [3.63, 3.8) is 0 Å². The van der Waals surface area contributed by atoms with Gasteiger partial charge in [-0.25, -0.2) is 9.97 Å². The van der Waals surface area contributed by atoms with Crippen molar-refractivity contribution in [2.75, 3.05) is 22.1 Å². The summed E-state index contributed by atoms with van der Waals surface area (Å²) >= 11 is 1.50. The maximum atomic E-state index is 12.1. The van der Waals surface area contributed by atoms with Crippen LogP contribution in [0.15, 0.2) is 36.4 Å². The molecule has 1 atom stereocenters. The number of nitrogens with one attached hydrogen (secondary N) is 2. The van der Waals surface area contributed by atoms with Crippen LogP contribution >= 0.6 is 11.3 Å². The number of β-amino-alcohol motifs (C(OH)–C–C–N with tert-alkyl or cyclic N) is 1. The smallest absolute Gasteiger partial charge is 0.229 e. The topological polar surface area (TPSA) is 111 Å². The molecule has 0 radical (unpaired) electrons. The molecule has 1 saturated heterocycles. The third-order valence-electron chi connectivity index (χ3n) is 5.82. The molecule has 0 unspecified atom stereocenters. The van der Waals surface area contributed by atoms with Gasteiger partial charge in [0.1, 0.15) is 11.6 Å². The Labute approximate surface area is 183 Å². The van der Waals surface area contributed by atoms with E-state index in [0.29, 0.717) is 18.4 Å². The summed E-state index contributed by atoms with van der Waals surface area (Å²) in [4.78, 5) is 23.0. The van der Waals surface area contributed by atoms with Gasteiger partial charge in [-0.2, -0.15) is 0 Å². The Morgan fingerprint density at radius 3 is 2.58 bits per heavy atom. The van der Waals surface area contributed by atoms with E-state index in [4.69, 9.17) is 0 Å². The largest absolute Gasteiger partial charge is 0.393 e. The Morgan fingerprint density at radius 2 is 1.81 bits per heavy atom. The number of pyridine rings is 1. The molecule has 1 amide bonds. The lowest BCUT2D eigenvalue weighted by Gasteiger charge is -2.26. The standard InChI is InChI=1S/C22H25N5O3S/c28-15-7-4-13(5-8-15)23-19-2-1-3-20(25-19)26-22-24-17-9-6-14(10-18(17)31-22)27-12-16(29)11-21(27)30/h1-3,6,9-10,13,15-16,28-29H,4-5,7-8,11-12H2,(H2,23,24,25,26)/t13-,15-,16-/m1/s1. The third kappa shape index (κ3) is 4.48. The average molecular weight is 440 g/mol. The van der Waals surface area contributed by atoms with Gasteiger partial charge < -0.3 is 25.7 Å². The quantitative estimate of drug-likeness (QED) is 0.483. The van der Waals surface area contributed by atoms with E-state index in [1.807, 2.05) is 36.4 Å². The van der Waals surface area contributed by atoms with E-state index in [1.54, 1.807) is 4.90 Å². The summed E-state index contributed by atoms with van der Waals surface area (Å²) < 4.78 is 0.962. The zero-order valence-corrected chi connectivity index (χ0v) is 17.8. The van der Waals surface area contributed by atoms with E-state index >= 15 is 0 Å². The number of rotatable bonds is 5. The number of amides is 1. The number of carbonyl (C=O) groups excluding carboxylic acids is 1. The van der Waals surface area contributed by atoms with Gasteiger partial charge in [0.25, 0.3) is 0 Å². The van der Waals surface area contributed by atoms with Crippen molar-refractivity contribution in [2.45, 2.75) is 50.4 Å². The highest BCUT2D eigenvalue weighted by atomic mass is 32.1. The van der Waals surface area contributed by atoms with Crippen LogP contribution < -0.4 is 15.5 Å². The molecule has 1 aliphatic heterocycles. The molecule has 0 spiro atoms. The van der Waals surface area contributed by atoms with Crippen LogP contribution in [0.2, 0.25) is 0 Å². The van der Waals surface area contributed by atoms with E-state index in [-0.39, 0.29) is 18.4 Å². The minimum atomic E-state index is -0.604. The number of carbonyl (C=O) groups is 1. The second-order valence-corrected chi connectivity index (χ2v) is 9.25. The van der Waals surface area contributed by atoms with Crippen molar-refractivity contribution in [3.05, 3.63) is 36.4 Å². The number of aliphatic hydroxyl groups is 2. The Balaban J connectivity index is 1.30. The van der Waals surface area contributed by atoms with E-state index in [9.17, 15) is 15.0 Å². The summed E-state index contributed by atoms with van der Waals surface area (Å²) in [6.07, 6.45) is 2.93. The zero-order chi connectivity index (χ0) is 21.4. The van der Waals surface area contributed by atoms with Crippen molar-refractivity contribution >= 4 is 49.9 Å². The molecule has 3 aromatic rings. The van der Waals surface area contributed by atoms with Crippen LogP contribution in [0.4, 0.5) is 22.5 Å². The fraction of sp³-hybridized carbons (Fsp3) is 0.409. The second-order valence-electron chi connectivity index (χ2n) is 8.22. The molecule has 1 saturated carbocycles. The highest BCUT2D eigenvalue weighted by Gasteiger charge is 2.29. The normalized spacial score (nSPS) is 24.0. The summed E-state index contributed by atoms with van der Waals surface area (Å²) in [5, 5.41) is 26.9. The minimum absolute atomic E-state index is 0.0595. The maximum Gasteiger partial charge on any atom is 0.229 e. The van der Waals surface area contributed by atoms with Crippen molar-refractivity contribution in [1.29, 1.82) is 0 Å². The summed E-state index contributed by atoms with van der Waals surface area (Å²) in [5.74, 6) is 1.45. The second kappa shape index (κ2) is 8.41. The molecule has 2 fully saturated rings. The number of nitrogens with zero attached hydrogens (tertiary/aromatic N) is 3. The molecule has 31 heavy (non-hydrogen) atoms. The fourth-order valence-corrected chi connectivity index (χ4v) is 5.10. The predicted octanol–water partition coefficient (Wildman–Crippen LogP) is 3.25. The average Bonchev–Trinajstić information content (AvgIpc) is 3.30. The van der Waals surface area contributed by atoms with Gasteiger partial charge in [0, 0.05) is 11.7 Å². The first kappa shape index (κ1) is 20.2. The summed E-state index contributed by atoms with van der Waals surface area (Å²) in [5.41, 5.74) is 1.63. The molecule has 9 heteroatoms. The van der Waals surface area contributed by atoms with Crippen LogP contribution in [-0.4, -0.2) is 50.9 Å². The lowest BCUT2D eigenvalue weighted by atomic mass is 9.93. The van der Waals surface area contributed by atoms with E-state index in [1.165, 1.54) is 11.3 Å². The van der Waals surface area contributed by atoms with Gasteiger partial charge in [-0.1, -0.05) is 17.4 Å². The molecular weight excluding hydrogens is 414 g/mol. The first-order valence-electron chi connectivity index (χ1n) is 10.6. The number of hydrogen-bond donors (Lipinski definition) is 4. The summed E-state index contributed by atoms with van der Waals surface area (Å²) in [7, 11) is 0. The molecule has 3 heterocycles. The van der Waals surface area contributed by atoms with E-state index in [0.717, 1.165) is 52.5 Å². The van der Waals surface area contributed by atoms with Crippen LogP contribution in [0.5, 0.6) is 0 Å². The summed E-state index contributed by atoms with van der Waals surface area (Å²) in [6.45, 7) is 0.331. The Morgan fingerprint density at radius 1 is 1.00 bits per heavy atom. The van der Waals surface area contributed by atoms with Crippen molar-refractivity contribution in [3.8, 4) is 0 Å². The predicted molar refractivity (Wildman–Crippen MR) is 122 cm³/mol. The molecule has 8 nitrogen and oxygen atoms in total. The van der Waals surface area contributed by atoms with Crippen LogP contribution in [0, 0.1) is 0 Å². The van der Waals surface area contributed by atoms with Crippen molar-refractivity contribution in [1.82, 2.24) is 9.97 Å². The molecule has 1 aromatic carbocycles. The molecule has 1 aliphatic carbocycles. The fourth-order valence-electron chi connectivity index (χ4n) is 4.20. The Hall–Kier alpha value is -2.75. The van der Waals surface area contributed by atoms with Crippen LogP contribution in [0.1, 0.15) is 32.1 Å². The maximum absolute atomic E-state index is 12.1. The molecular formula is C22H25N5O3S. The third-order valence-corrected chi connectivity index (χ3v) is 6.75. The van der Waals surface area contributed by atoms with E-state index in [2.05, 4.69) is 20.6 Å². The van der Waals surface area contributed by atoms with Gasteiger partial charge in [0.05, 0.1) is 35.4 Å². The number of anilines is 4. The first-order valence-corrected chi connectivity index (χ1v) is 11.4. The molecule has 162 valence electrons. The van der Waals surface area contributed by atoms with E-state index < -0.39 is 6.10 Å². The number of aliphatic hydroxyl groups excluding tert-OH is 2. The van der Waals surface area contributed by atoms with Gasteiger partial charge in [0.2, 0.25) is 5.91 Å². The monoisotopic (exact) mass is 439 g/mol. The van der Waals surface area contributed by atoms with Crippen LogP contribution in [-0.2, 0) is 4.79 Å². The molecule has 5 rings (SSSR count). The Kier molecular flexibility index (Phi) is 5.47. The summed E-state index contributed by atoms with van der Waals surface area (Å²) in [6, 6.07) is 11.8. The van der Waals surface area contributed by atoms with Gasteiger partial charge in [0.15, 0.2) is 5.13 Å². The number of aromatic nitrogens is 2. The molecule has 2 aromatic heterocycles. The molecule has 2 aliphatic rings. The highest BCUT2D eigenvalue weighted by molar-refractivity contribution is 7.22. The zero-order valence-electron chi connectivity index (χ0n) is 17.0. The van der Waals surface area contributed by atoms with Gasteiger partial charge in [-0.3, -0.25) is 4.79 Å². The highest BCUT2D eigenvalue weighted by Crippen LogP contribution is 2.32. The minimum Gasteiger partial charge on any atom is -0.393 e. The van der Waals surface area contributed by atoms with Crippen molar-refractivity contribution in [2.24, 2.45) is 0 Å². The molecule has 4 N–H and O–H groups in total. The number of benzene rings is 1. The number of fused-ring (bicyclic) bond motifs is 1. The van der Waals surface area contributed by atoms with Crippen molar-refractivity contribution < 1.29 is 15.0 Å². The van der Waals surface area contributed by atoms with Gasteiger partial charge in [-0.05, 0) is 56.0 Å².